The molecule has 4 aromatic rings. The van der Waals surface area contributed by atoms with Gasteiger partial charge in [-0.3, -0.25) is 4.57 Å². The number of nitriles is 1. The molecule has 0 fully saturated rings. The van der Waals surface area contributed by atoms with Crippen LogP contribution in [0.2, 0.25) is 0 Å². The summed E-state index contributed by atoms with van der Waals surface area (Å²) in [5, 5.41) is 13.3. The summed E-state index contributed by atoms with van der Waals surface area (Å²) in [5.74, 6) is -1.07. The predicted molar refractivity (Wildman–Crippen MR) is 105 cm³/mol. The lowest BCUT2D eigenvalue weighted by molar-refractivity contribution is 0.0597. The molecule has 2 aromatic carbocycles. The molecule has 0 radical (unpaired) electrons. The average molecular weight is 405 g/mol. The van der Waals surface area contributed by atoms with Crippen molar-refractivity contribution in [3.05, 3.63) is 65.6 Å². The SMILES string of the molecule is CCn1c(Oc2c(C(=O)OC)cnn2-c2cccc(F)c2)nc2cc(C#N)ccc21. The molecule has 0 N–H and O–H groups in total. The Labute approximate surface area is 170 Å². The first-order valence-electron chi connectivity index (χ1n) is 9.06. The van der Waals surface area contributed by atoms with Gasteiger partial charge < -0.3 is 9.47 Å². The van der Waals surface area contributed by atoms with Gasteiger partial charge in [0.05, 0.1) is 41.7 Å². The van der Waals surface area contributed by atoms with Crippen LogP contribution in [0.1, 0.15) is 22.8 Å². The Kier molecular flexibility index (Phi) is 4.90. The van der Waals surface area contributed by atoms with Crippen molar-refractivity contribution in [2.45, 2.75) is 13.5 Å². The van der Waals surface area contributed by atoms with Crippen LogP contribution < -0.4 is 4.74 Å². The number of methoxy groups -OCH3 is 1. The number of carbonyl (C=O) groups is 1. The Morgan fingerprint density at radius 1 is 1.27 bits per heavy atom. The summed E-state index contributed by atoms with van der Waals surface area (Å²) in [7, 11) is 1.25. The van der Waals surface area contributed by atoms with Crippen molar-refractivity contribution in [3.63, 3.8) is 0 Å². The third-order valence-corrected chi connectivity index (χ3v) is 4.53. The van der Waals surface area contributed by atoms with Gasteiger partial charge in [0.2, 0.25) is 5.88 Å². The maximum atomic E-state index is 13.8. The second-order valence-electron chi connectivity index (χ2n) is 6.30. The number of carbonyl (C=O) groups excluding carboxylic acids is 1. The number of imidazole rings is 1. The molecule has 0 aliphatic carbocycles. The summed E-state index contributed by atoms with van der Waals surface area (Å²) < 4.78 is 27.7. The Morgan fingerprint density at radius 3 is 2.80 bits per heavy atom. The van der Waals surface area contributed by atoms with Crippen molar-refractivity contribution in [1.82, 2.24) is 19.3 Å². The number of benzene rings is 2. The molecule has 0 bridgehead atoms. The van der Waals surface area contributed by atoms with Gasteiger partial charge in [0.25, 0.3) is 0 Å². The summed E-state index contributed by atoms with van der Waals surface area (Å²) in [6, 6.07) is 13.1. The Hall–Kier alpha value is -4.19. The zero-order valence-corrected chi connectivity index (χ0v) is 16.2. The summed E-state index contributed by atoms with van der Waals surface area (Å²) in [6.07, 6.45) is 1.29. The first-order valence-corrected chi connectivity index (χ1v) is 9.06. The lowest BCUT2D eigenvalue weighted by atomic mass is 10.2. The Balaban J connectivity index is 1.87. The van der Waals surface area contributed by atoms with E-state index in [1.165, 1.54) is 36.2 Å². The molecular formula is C21H16FN5O3. The van der Waals surface area contributed by atoms with Crippen molar-refractivity contribution in [3.8, 4) is 23.6 Å². The lowest BCUT2D eigenvalue weighted by Crippen LogP contribution is -2.07. The van der Waals surface area contributed by atoms with Crippen LogP contribution in [0.3, 0.4) is 0 Å². The largest absolute Gasteiger partial charge is 0.465 e. The molecule has 150 valence electrons. The van der Waals surface area contributed by atoms with Gasteiger partial charge in [0, 0.05) is 6.54 Å². The first-order chi connectivity index (χ1) is 14.5. The molecule has 0 spiro atoms. The van der Waals surface area contributed by atoms with Crippen molar-refractivity contribution >= 4 is 17.0 Å². The minimum atomic E-state index is -0.654. The molecule has 0 atom stereocenters. The number of nitrogens with zero attached hydrogens (tertiary/aromatic N) is 5. The molecule has 30 heavy (non-hydrogen) atoms. The molecular weight excluding hydrogens is 389 g/mol. The normalized spacial score (nSPS) is 10.7. The van der Waals surface area contributed by atoms with Crippen LogP contribution in [0, 0.1) is 17.1 Å². The number of fused-ring (bicyclic) bond motifs is 1. The average Bonchev–Trinajstić information content (AvgIpc) is 3.33. The minimum Gasteiger partial charge on any atom is -0.465 e. The van der Waals surface area contributed by atoms with Gasteiger partial charge >= 0.3 is 12.0 Å². The second-order valence-corrected chi connectivity index (χ2v) is 6.30. The predicted octanol–water partition coefficient (Wildman–Crippen LogP) is 3.83. The molecule has 0 saturated heterocycles. The molecule has 0 amide bonds. The third-order valence-electron chi connectivity index (χ3n) is 4.53. The van der Waals surface area contributed by atoms with Crippen molar-refractivity contribution in [2.75, 3.05) is 7.11 Å². The van der Waals surface area contributed by atoms with E-state index in [1.807, 2.05) is 6.92 Å². The van der Waals surface area contributed by atoms with Crippen LogP contribution in [-0.2, 0) is 11.3 Å². The smallest absolute Gasteiger partial charge is 0.345 e. The second kappa shape index (κ2) is 7.67. The van der Waals surface area contributed by atoms with Crippen LogP contribution in [0.4, 0.5) is 4.39 Å². The topological polar surface area (TPSA) is 95.0 Å². The van der Waals surface area contributed by atoms with Crippen molar-refractivity contribution in [1.29, 1.82) is 5.26 Å². The van der Waals surface area contributed by atoms with Crippen molar-refractivity contribution in [2.24, 2.45) is 0 Å². The fourth-order valence-electron chi connectivity index (χ4n) is 3.12. The van der Waals surface area contributed by atoms with Gasteiger partial charge in [0.1, 0.15) is 11.4 Å². The van der Waals surface area contributed by atoms with E-state index in [9.17, 15) is 9.18 Å². The highest BCUT2D eigenvalue weighted by molar-refractivity contribution is 5.92. The van der Waals surface area contributed by atoms with Crippen LogP contribution in [-0.4, -0.2) is 32.4 Å². The number of hydrogen-bond donors (Lipinski definition) is 0. The van der Waals surface area contributed by atoms with E-state index in [0.717, 1.165) is 5.52 Å². The Morgan fingerprint density at radius 2 is 2.10 bits per heavy atom. The summed E-state index contributed by atoms with van der Waals surface area (Å²) in [4.78, 5) is 16.7. The number of esters is 1. The first kappa shape index (κ1) is 19.1. The third kappa shape index (κ3) is 3.24. The quantitative estimate of drug-likeness (QED) is 0.468. The number of aryl methyl sites for hydroxylation is 1. The van der Waals surface area contributed by atoms with Crippen molar-refractivity contribution < 1.29 is 18.7 Å². The lowest BCUT2D eigenvalue weighted by Gasteiger charge is -2.11. The summed E-state index contributed by atoms with van der Waals surface area (Å²) >= 11 is 0. The van der Waals surface area contributed by atoms with Crippen LogP contribution in [0.15, 0.2) is 48.7 Å². The van der Waals surface area contributed by atoms with E-state index < -0.39 is 11.8 Å². The van der Waals surface area contributed by atoms with Crippen LogP contribution >= 0.6 is 0 Å². The van der Waals surface area contributed by atoms with Gasteiger partial charge in [-0.05, 0) is 43.3 Å². The van der Waals surface area contributed by atoms with Gasteiger partial charge in [-0.15, -0.1) is 0 Å². The number of halogens is 1. The maximum Gasteiger partial charge on any atom is 0.345 e. The zero-order chi connectivity index (χ0) is 21.3. The zero-order valence-electron chi connectivity index (χ0n) is 16.2. The molecule has 2 heterocycles. The molecule has 0 unspecified atom stereocenters. The fraction of sp³-hybridized carbons (Fsp3) is 0.143. The molecule has 2 aromatic heterocycles. The van der Waals surface area contributed by atoms with Gasteiger partial charge in [-0.2, -0.15) is 20.0 Å². The van der Waals surface area contributed by atoms with Crippen LogP contribution in [0.25, 0.3) is 16.7 Å². The van der Waals surface area contributed by atoms with Crippen LogP contribution in [0.5, 0.6) is 11.9 Å². The van der Waals surface area contributed by atoms with E-state index in [1.54, 1.807) is 28.8 Å². The number of hydrogen-bond acceptors (Lipinski definition) is 6. The number of ether oxygens (including phenoxy) is 2. The number of rotatable bonds is 5. The fourth-order valence-corrected chi connectivity index (χ4v) is 3.12. The van der Waals surface area contributed by atoms with Gasteiger partial charge in [-0.25, -0.2) is 9.18 Å². The monoisotopic (exact) mass is 405 g/mol. The van der Waals surface area contributed by atoms with E-state index in [4.69, 9.17) is 14.7 Å². The molecule has 0 aliphatic heterocycles. The van der Waals surface area contributed by atoms with E-state index in [2.05, 4.69) is 16.2 Å². The number of aromatic nitrogens is 4. The highest BCUT2D eigenvalue weighted by Crippen LogP contribution is 2.31. The van der Waals surface area contributed by atoms with E-state index in [-0.39, 0.29) is 17.5 Å². The molecule has 9 heteroatoms. The molecule has 8 nitrogen and oxygen atoms in total. The standard InChI is InChI=1S/C21H16FN5O3/c1-3-26-18-8-7-13(11-23)9-17(18)25-21(26)30-19-16(20(28)29-2)12-24-27(19)15-6-4-5-14(22)10-15/h4-10,12H,3H2,1-2H3. The van der Waals surface area contributed by atoms with E-state index >= 15 is 0 Å². The van der Waals surface area contributed by atoms with Gasteiger partial charge in [0.15, 0.2) is 0 Å². The van der Waals surface area contributed by atoms with Gasteiger partial charge in [-0.1, -0.05) is 6.07 Å². The minimum absolute atomic E-state index is 0.0398. The molecule has 0 aliphatic rings. The molecule has 4 rings (SSSR count). The summed E-state index contributed by atoms with van der Waals surface area (Å²) in [6.45, 7) is 2.44. The highest BCUT2D eigenvalue weighted by Gasteiger charge is 2.24. The molecule has 0 saturated carbocycles. The highest BCUT2D eigenvalue weighted by atomic mass is 19.1. The maximum absolute atomic E-state index is 13.8. The van der Waals surface area contributed by atoms with E-state index in [0.29, 0.717) is 23.3 Å². The summed E-state index contributed by atoms with van der Waals surface area (Å²) in [5.41, 5.74) is 2.24. The Bertz CT molecular complexity index is 1300.